The summed E-state index contributed by atoms with van der Waals surface area (Å²) in [5.41, 5.74) is 2.04. The van der Waals surface area contributed by atoms with Crippen molar-refractivity contribution in [3.05, 3.63) is 35.5 Å². The van der Waals surface area contributed by atoms with Crippen molar-refractivity contribution >= 4 is 11.9 Å². The van der Waals surface area contributed by atoms with E-state index in [-0.39, 0.29) is 11.9 Å². The van der Waals surface area contributed by atoms with Crippen molar-refractivity contribution in [2.45, 2.75) is 58.8 Å². The van der Waals surface area contributed by atoms with Crippen LogP contribution in [0.2, 0.25) is 0 Å². The fourth-order valence-electron chi connectivity index (χ4n) is 2.94. The summed E-state index contributed by atoms with van der Waals surface area (Å²) in [4.78, 5) is 24.1. The number of ether oxygens (including phenoxy) is 2. The van der Waals surface area contributed by atoms with Gasteiger partial charge in [-0.05, 0) is 44.4 Å². The van der Waals surface area contributed by atoms with E-state index in [9.17, 15) is 14.7 Å². The highest BCUT2D eigenvalue weighted by Gasteiger charge is 2.44. The Morgan fingerprint density at radius 1 is 1.38 bits per heavy atom. The van der Waals surface area contributed by atoms with Crippen LogP contribution in [0.1, 0.15) is 40.5 Å². The molecule has 1 N–H and O–H groups in total. The van der Waals surface area contributed by atoms with Crippen LogP contribution >= 0.6 is 0 Å². The number of rotatable bonds is 2. The van der Waals surface area contributed by atoms with Gasteiger partial charge in [0.15, 0.2) is 0 Å². The number of allylic oxidation sites excluding steroid dienone is 1. The second-order valence-electron chi connectivity index (χ2n) is 6.96. The standard InChI is InChI=1S/C19H26O5/c1-10(2)18(21)23-15-8-11(3)6-7-14(20)12(4)9-16-17(15)13(5)19(22)24-16/h8-10,14-17,20H,5-7H2,1-4H3/b11-8+,12-9-/t14-,15-,16-,17-/m0/s1. The Morgan fingerprint density at radius 3 is 2.67 bits per heavy atom. The molecule has 0 aromatic rings. The molecule has 0 bridgehead atoms. The number of fused-ring (bicyclic) bond motifs is 1. The van der Waals surface area contributed by atoms with E-state index >= 15 is 0 Å². The highest BCUT2D eigenvalue weighted by molar-refractivity contribution is 5.91. The van der Waals surface area contributed by atoms with Gasteiger partial charge in [0, 0.05) is 5.57 Å². The molecule has 0 saturated carbocycles. The minimum Gasteiger partial charge on any atom is -0.457 e. The molecule has 0 aromatic heterocycles. The molecule has 2 rings (SSSR count). The van der Waals surface area contributed by atoms with Gasteiger partial charge in [-0.25, -0.2) is 4.79 Å². The minimum atomic E-state index is -0.608. The van der Waals surface area contributed by atoms with E-state index < -0.39 is 30.2 Å². The molecular formula is C19H26O5. The Balaban J connectivity index is 2.43. The molecule has 1 saturated heterocycles. The van der Waals surface area contributed by atoms with Crippen LogP contribution < -0.4 is 0 Å². The van der Waals surface area contributed by atoms with Gasteiger partial charge in [-0.1, -0.05) is 26.0 Å². The quantitative estimate of drug-likeness (QED) is 0.477. The normalized spacial score (nSPS) is 35.4. The van der Waals surface area contributed by atoms with Crippen LogP contribution in [0, 0.1) is 11.8 Å². The summed E-state index contributed by atoms with van der Waals surface area (Å²) in [5, 5.41) is 10.2. The van der Waals surface area contributed by atoms with Crippen molar-refractivity contribution in [2.75, 3.05) is 0 Å². The number of esters is 2. The highest BCUT2D eigenvalue weighted by Crippen LogP contribution is 2.35. The summed E-state index contributed by atoms with van der Waals surface area (Å²) in [7, 11) is 0. The summed E-state index contributed by atoms with van der Waals surface area (Å²) in [6.45, 7) is 11.1. The van der Waals surface area contributed by atoms with E-state index in [0.29, 0.717) is 18.4 Å². The van der Waals surface area contributed by atoms with Gasteiger partial charge in [-0.15, -0.1) is 0 Å². The molecule has 0 aromatic carbocycles. The van der Waals surface area contributed by atoms with Gasteiger partial charge in [0.25, 0.3) is 0 Å². The summed E-state index contributed by atoms with van der Waals surface area (Å²) < 4.78 is 11.0. The molecule has 2 aliphatic rings. The SMILES string of the molecule is C=C1C(=O)O[C@H]2/C=C(/C)[C@@H](O)CC/C(C)=C/[C@H](OC(=O)C(C)C)[C@H]12. The lowest BCUT2D eigenvalue weighted by Gasteiger charge is -2.27. The zero-order valence-corrected chi connectivity index (χ0v) is 14.7. The molecule has 0 spiro atoms. The maximum absolute atomic E-state index is 12.1. The van der Waals surface area contributed by atoms with Crippen molar-refractivity contribution in [1.29, 1.82) is 0 Å². The Bertz CT molecular complexity index is 599. The fourth-order valence-corrected chi connectivity index (χ4v) is 2.94. The lowest BCUT2D eigenvalue weighted by Crippen LogP contribution is -2.33. The van der Waals surface area contributed by atoms with Crippen LogP contribution in [-0.2, 0) is 19.1 Å². The molecule has 0 amide bonds. The molecule has 4 atom stereocenters. The summed E-state index contributed by atoms with van der Waals surface area (Å²) in [5.74, 6) is -1.56. The van der Waals surface area contributed by atoms with Crippen LogP contribution in [0.3, 0.4) is 0 Å². The highest BCUT2D eigenvalue weighted by atomic mass is 16.6. The van der Waals surface area contributed by atoms with Crippen LogP contribution in [0.25, 0.3) is 0 Å². The van der Waals surface area contributed by atoms with Crippen molar-refractivity contribution in [1.82, 2.24) is 0 Å². The van der Waals surface area contributed by atoms with Gasteiger partial charge in [-0.2, -0.15) is 0 Å². The van der Waals surface area contributed by atoms with Crippen molar-refractivity contribution in [3.8, 4) is 0 Å². The number of carbonyl (C=O) groups is 2. The lowest BCUT2D eigenvalue weighted by atomic mass is 9.86. The number of hydrogen-bond acceptors (Lipinski definition) is 5. The van der Waals surface area contributed by atoms with E-state index in [0.717, 1.165) is 11.1 Å². The second-order valence-corrected chi connectivity index (χ2v) is 6.96. The van der Waals surface area contributed by atoms with Gasteiger partial charge in [0.1, 0.15) is 12.2 Å². The van der Waals surface area contributed by atoms with Crippen LogP contribution in [0.5, 0.6) is 0 Å². The predicted octanol–water partition coefficient (Wildman–Crippen LogP) is 2.70. The first-order valence-electron chi connectivity index (χ1n) is 8.34. The number of aliphatic hydroxyl groups excluding tert-OH is 1. The largest absolute Gasteiger partial charge is 0.457 e. The van der Waals surface area contributed by atoms with Gasteiger partial charge in [0.05, 0.1) is 17.9 Å². The molecule has 1 fully saturated rings. The topological polar surface area (TPSA) is 72.8 Å². The van der Waals surface area contributed by atoms with Gasteiger partial charge in [0.2, 0.25) is 0 Å². The summed E-state index contributed by atoms with van der Waals surface area (Å²) >= 11 is 0. The molecule has 5 heteroatoms. The van der Waals surface area contributed by atoms with E-state index in [1.54, 1.807) is 19.9 Å². The number of carbonyl (C=O) groups excluding carboxylic acids is 2. The summed E-state index contributed by atoms with van der Waals surface area (Å²) in [6, 6.07) is 0. The van der Waals surface area contributed by atoms with Gasteiger partial charge < -0.3 is 14.6 Å². The molecule has 24 heavy (non-hydrogen) atoms. The monoisotopic (exact) mass is 334 g/mol. The number of hydrogen-bond donors (Lipinski definition) is 1. The molecule has 1 heterocycles. The Labute approximate surface area is 143 Å². The molecule has 0 unspecified atom stereocenters. The van der Waals surface area contributed by atoms with Crippen molar-refractivity contribution in [3.63, 3.8) is 0 Å². The fraction of sp³-hybridized carbons (Fsp3) is 0.579. The lowest BCUT2D eigenvalue weighted by molar-refractivity contribution is -0.152. The zero-order valence-electron chi connectivity index (χ0n) is 14.7. The van der Waals surface area contributed by atoms with Gasteiger partial charge in [-0.3, -0.25) is 4.79 Å². The van der Waals surface area contributed by atoms with E-state index in [1.165, 1.54) is 0 Å². The van der Waals surface area contributed by atoms with Gasteiger partial charge >= 0.3 is 11.9 Å². The maximum Gasteiger partial charge on any atom is 0.334 e. The second kappa shape index (κ2) is 7.34. The first kappa shape index (κ1) is 18.5. The average Bonchev–Trinajstić information content (AvgIpc) is 2.77. The van der Waals surface area contributed by atoms with Crippen molar-refractivity contribution in [2.24, 2.45) is 11.8 Å². The summed E-state index contributed by atoms with van der Waals surface area (Å²) in [6.07, 6.45) is 3.07. The predicted molar refractivity (Wildman–Crippen MR) is 90.0 cm³/mol. The first-order valence-corrected chi connectivity index (χ1v) is 8.34. The number of aliphatic hydroxyl groups is 1. The third-order valence-electron chi connectivity index (χ3n) is 4.55. The zero-order chi connectivity index (χ0) is 18.0. The van der Waals surface area contributed by atoms with Crippen LogP contribution in [0.4, 0.5) is 0 Å². The molecule has 0 radical (unpaired) electrons. The molecule has 5 nitrogen and oxygen atoms in total. The third kappa shape index (κ3) is 3.96. The van der Waals surface area contributed by atoms with E-state index in [2.05, 4.69) is 6.58 Å². The van der Waals surface area contributed by atoms with E-state index in [4.69, 9.17) is 9.47 Å². The Morgan fingerprint density at radius 2 is 2.04 bits per heavy atom. The molecule has 132 valence electrons. The Hall–Kier alpha value is -1.88. The van der Waals surface area contributed by atoms with Crippen LogP contribution in [-0.4, -0.2) is 35.4 Å². The van der Waals surface area contributed by atoms with Crippen molar-refractivity contribution < 1.29 is 24.2 Å². The van der Waals surface area contributed by atoms with Crippen LogP contribution in [0.15, 0.2) is 35.5 Å². The third-order valence-corrected chi connectivity index (χ3v) is 4.55. The average molecular weight is 334 g/mol. The maximum atomic E-state index is 12.1. The smallest absolute Gasteiger partial charge is 0.334 e. The molecule has 1 aliphatic heterocycles. The minimum absolute atomic E-state index is 0.266. The Kier molecular flexibility index (Phi) is 5.65. The van der Waals surface area contributed by atoms with E-state index in [1.807, 2.05) is 19.9 Å². The molecular weight excluding hydrogens is 308 g/mol. The first-order chi connectivity index (χ1) is 11.2. The molecule has 1 aliphatic carbocycles.